The fourth-order valence-electron chi connectivity index (χ4n) is 3.69. The summed E-state index contributed by atoms with van der Waals surface area (Å²) in [4.78, 5) is 13.7. The van der Waals surface area contributed by atoms with Gasteiger partial charge in [-0.3, -0.25) is 4.79 Å². The zero-order chi connectivity index (χ0) is 16.5. The highest BCUT2D eigenvalue weighted by atomic mass is 16.5. The number of primary amides is 1. The smallest absolute Gasteiger partial charge is 0.248 e. The first-order chi connectivity index (χ1) is 11.7. The van der Waals surface area contributed by atoms with Gasteiger partial charge in [-0.15, -0.1) is 0 Å². The van der Waals surface area contributed by atoms with Gasteiger partial charge in [0.15, 0.2) is 0 Å². The highest BCUT2D eigenvalue weighted by molar-refractivity contribution is 5.93. The largest absolute Gasteiger partial charge is 0.374 e. The van der Waals surface area contributed by atoms with Crippen LogP contribution >= 0.6 is 0 Å². The van der Waals surface area contributed by atoms with Gasteiger partial charge in [-0.2, -0.15) is 0 Å². The SMILES string of the molecule is NC(=O)c1ccc2c(c1)CCN2Cc1ccc(C2CCCO2)cc1. The predicted molar refractivity (Wildman–Crippen MR) is 94.1 cm³/mol. The molecule has 1 amide bonds. The lowest BCUT2D eigenvalue weighted by Gasteiger charge is -2.20. The molecule has 2 aromatic carbocycles. The number of carbonyl (C=O) groups is 1. The molecule has 4 rings (SSSR count). The maximum Gasteiger partial charge on any atom is 0.248 e. The summed E-state index contributed by atoms with van der Waals surface area (Å²) in [5, 5.41) is 0. The summed E-state index contributed by atoms with van der Waals surface area (Å²) < 4.78 is 5.74. The Morgan fingerprint density at radius 3 is 2.75 bits per heavy atom. The van der Waals surface area contributed by atoms with E-state index in [0.29, 0.717) is 5.56 Å². The normalized spacial score (nSPS) is 19.5. The fourth-order valence-corrected chi connectivity index (χ4v) is 3.69. The van der Waals surface area contributed by atoms with Gasteiger partial charge in [0.25, 0.3) is 0 Å². The number of nitrogens with zero attached hydrogens (tertiary/aromatic N) is 1. The second kappa shape index (κ2) is 6.29. The zero-order valence-corrected chi connectivity index (χ0v) is 13.7. The van der Waals surface area contributed by atoms with Gasteiger partial charge in [-0.25, -0.2) is 0 Å². The summed E-state index contributed by atoms with van der Waals surface area (Å²) >= 11 is 0. The molecule has 0 spiro atoms. The van der Waals surface area contributed by atoms with Crippen molar-refractivity contribution in [3.05, 3.63) is 64.7 Å². The summed E-state index contributed by atoms with van der Waals surface area (Å²) in [5.74, 6) is -0.360. The van der Waals surface area contributed by atoms with Crippen molar-refractivity contribution in [2.75, 3.05) is 18.1 Å². The van der Waals surface area contributed by atoms with Crippen LogP contribution in [0.25, 0.3) is 0 Å². The van der Waals surface area contributed by atoms with E-state index in [1.165, 1.54) is 22.4 Å². The van der Waals surface area contributed by atoms with Crippen molar-refractivity contribution < 1.29 is 9.53 Å². The molecule has 2 aromatic rings. The molecule has 4 heteroatoms. The van der Waals surface area contributed by atoms with Crippen LogP contribution in [0, 0.1) is 0 Å². The minimum Gasteiger partial charge on any atom is -0.374 e. The van der Waals surface area contributed by atoms with Crippen molar-refractivity contribution in [2.24, 2.45) is 5.73 Å². The lowest BCUT2D eigenvalue weighted by molar-refractivity contribution is 0.1000. The van der Waals surface area contributed by atoms with Crippen molar-refractivity contribution in [1.82, 2.24) is 0 Å². The number of rotatable bonds is 4. The lowest BCUT2D eigenvalue weighted by atomic mass is 10.0. The van der Waals surface area contributed by atoms with E-state index in [1.54, 1.807) is 0 Å². The summed E-state index contributed by atoms with van der Waals surface area (Å²) in [5.41, 5.74) is 11.0. The second-order valence-electron chi connectivity index (χ2n) is 6.62. The summed E-state index contributed by atoms with van der Waals surface area (Å²) in [6, 6.07) is 14.6. The van der Waals surface area contributed by atoms with Crippen molar-refractivity contribution in [1.29, 1.82) is 0 Å². The van der Waals surface area contributed by atoms with Crippen molar-refractivity contribution in [2.45, 2.75) is 31.9 Å². The molecule has 1 saturated heterocycles. The molecule has 0 radical (unpaired) electrons. The van der Waals surface area contributed by atoms with Gasteiger partial charge in [-0.05, 0) is 54.2 Å². The molecule has 2 heterocycles. The molecule has 0 saturated carbocycles. The number of ether oxygens (including phenoxy) is 1. The monoisotopic (exact) mass is 322 g/mol. The number of fused-ring (bicyclic) bond motifs is 1. The molecular weight excluding hydrogens is 300 g/mol. The number of amides is 1. The Bertz CT molecular complexity index is 749. The maximum absolute atomic E-state index is 11.3. The van der Waals surface area contributed by atoms with Crippen LogP contribution in [0.1, 0.15) is 46.0 Å². The Kier molecular flexibility index (Phi) is 3.98. The Balaban J connectivity index is 1.48. The number of carbonyl (C=O) groups excluding carboxylic acids is 1. The molecule has 0 bridgehead atoms. The third-order valence-corrected chi connectivity index (χ3v) is 5.01. The molecule has 1 fully saturated rings. The first-order valence-electron chi connectivity index (χ1n) is 8.59. The zero-order valence-electron chi connectivity index (χ0n) is 13.7. The van der Waals surface area contributed by atoms with Crippen LogP contribution in [0.4, 0.5) is 5.69 Å². The van der Waals surface area contributed by atoms with Crippen LogP contribution < -0.4 is 10.6 Å². The van der Waals surface area contributed by atoms with Gasteiger partial charge in [0, 0.05) is 30.9 Å². The van der Waals surface area contributed by atoms with Gasteiger partial charge in [0.1, 0.15) is 0 Å². The lowest BCUT2D eigenvalue weighted by Crippen LogP contribution is -2.19. The molecule has 24 heavy (non-hydrogen) atoms. The molecule has 2 aliphatic rings. The minimum absolute atomic E-state index is 0.277. The van der Waals surface area contributed by atoms with E-state index < -0.39 is 0 Å². The van der Waals surface area contributed by atoms with Gasteiger partial charge in [-0.1, -0.05) is 24.3 Å². The molecule has 1 unspecified atom stereocenters. The van der Waals surface area contributed by atoms with Crippen LogP contribution in [0.2, 0.25) is 0 Å². The number of nitrogens with two attached hydrogens (primary N) is 1. The quantitative estimate of drug-likeness (QED) is 0.940. The molecule has 124 valence electrons. The molecule has 0 aliphatic carbocycles. The maximum atomic E-state index is 11.3. The Labute approximate surface area is 142 Å². The number of benzene rings is 2. The van der Waals surface area contributed by atoms with Gasteiger partial charge >= 0.3 is 0 Å². The summed E-state index contributed by atoms with van der Waals surface area (Å²) in [7, 11) is 0. The van der Waals surface area contributed by atoms with Crippen molar-refractivity contribution in [3.8, 4) is 0 Å². The number of hydrogen-bond acceptors (Lipinski definition) is 3. The Hall–Kier alpha value is -2.33. The fraction of sp³-hybridized carbons (Fsp3) is 0.350. The first-order valence-corrected chi connectivity index (χ1v) is 8.59. The van der Waals surface area contributed by atoms with E-state index in [2.05, 4.69) is 29.2 Å². The molecule has 1 atom stereocenters. The standard InChI is InChI=1S/C20H22N2O2/c21-20(23)17-7-8-18-16(12-17)9-10-22(18)13-14-3-5-15(6-4-14)19-2-1-11-24-19/h3-8,12,19H,1-2,9-11,13H2,(H2,21,23). The van der Waals surface area contributed by atoms with E-state index in [1.807, 2.05) is 18.2 Å². The predicted octanol–water partition coefficient (Wildman–Crippen LogP) is 3.20. The van der Waals surface area contributed by atoms with E-state index in [0.717, 1.165) is 39.0 Å². The highest BCUT2D eigenvalue weighted by Gasteiger charge is 2.21. The number of hydrogen-bond donors (Lipinski definition) is 1. The topological polar surface area (TPSA) is 55.6 Å². The van der Waals surface area contributed by atoms with Gasteiger partial charge in [0.2, 0.25) is 5.91 Å². The summed E-state index contributed by atoms with van der Waals surface area (Å²) in [6.45, 7) is 2.74. The van der Waals surface area contributed by atoms with Crippen molar-refractivity contribution >= 4 is 11.6 Å². The Morgan fingerprint density at radius 1 is 1.21 bits per heavy atom. The second-order valence-corrected chi connectivity index (χ2v) is 6.62. The first kappa shape index (κ1) is 15.2. The Morgan fingerprint density at radius 2 is 2.04 bits per heavy atom. The molecule has 2 N–H and O–H groups in total. The molecular formula is C20H22N2O2. The molecule has 0 aromatic heterocycles. The molecule has 4 nitrogen and oxygen atoms in total. The average molecular weight is 322 g/mol. The van der Waals surface area contributed by atoms with E-state index in [4.69, 9.17) is 10.5 Å². The van der Waals surface area contributed by atoms with Crippen LogP contribution in [-0.4, -0.2) is 19.1 Å². The minimum atomic E-state index is -0.360. The average Bonchev–Trinajstić information content (AvgIpc) is 3.25. The highest BCUT2D eigenvalue weighted by Crippen LogP contribution is 2.31. The van der Waals surface area contributed by atoms with Gasteiger partial charge < -0.3 is 15.4 Å². The summed E-state index contributed by atoms with van der Waals surface area (Å²) in [6.07, 6.45) is 3.52. The third-order valence-electron chi connectivity index (χ3n) is 5.01. The van der Waals surface area contributed by atoms with Crippen LogP contribution in [0.3, 0.4) is 0 Å². The van der Waals surface area contributed by atoms with Crippen LogP contribution in [-0.2, 0) is 17.7 Å². The van der Waals surface area contributed by atoms with E-state index >= 15 is 0 Å². The molecule has 2 aliphatic heterocycles. The third kappa shape index (κ3) is 2.89. The van der Waals surface area contributed by atoms with Crippen LogP contribution in [0.5, 0.6) is 0 Å². The van der Waals surface area contributed by atoms with Crippen LogP contribution in [0.15, 0.2) is 42.5 Å². The van der Waals surface area contributed by atoms with E-state index in [9.17, 15) is 4.79 Å². The van der Waals surface area contributed by atoms with Crippen molar-refractivity contribution in [3.63, 3.8) is 0 Å². The van der Waals surface area contributed by atoms with Gasteiger partial charge in [0.05, 0.1) is 6.10 Å². The van der Waals surface area contributed by atoms with E-state index in [-0.39, 0.29) is 12.0 Å². The number of anilines is 1.